The highest BCUT2D eigenvalue weighted by molar-refractivity contribution is 8.13. The summed E-state index contributed by atoms with van der Waals surface area (Å²) in [6.07, 6.45) is 0.221. The standard InChI is InChI=1S/C27H28ClF3O5S2/c1-13-8-15-16-11-18(30)17-9-14(32)10-20(33)25(17,3)26(16,31)7-6-24(15,2)27(13,23(35)37-12-29)36-22(34)19-4-5-21(28)38-19/h4-5,9-10,13,15-16,18,32H,6-8,11-12H2,1-3H3/t13-,15+,16+,18+,24+,25-,26-,27+/m1/s1. The van der Waals surface area contributed by atoms with Gasteiger partial charge in [-0.15, -0.1) is 11.3 Å². The first-order valence-electron chi connectivity index (χ1n) is 12.5. The Morgan fingerprint density at radius 2 is 1.92 bits per heavy atom. The van der Waals surface area contributed by atoms with Crippen molar-refractivity contribution in [3.63, 3.8) is 0 Å². The van der Waals surface area contributed by atoms with E-state index in [-0.39, 0.29) is 36.1 Å². The molecule has 5 nitrogen and oxygen atoms in total. The number of aliphatic hydroxyl groups is 1. The zero-order chi connectivity index (χ0) is 27.8. The molecule has 8 atom stereocenters. The highest BCUT2D eigenvalue weighted by Gasteiger charge is 2.77. The van der Waals surface area contributed by atoms with Crippen LogP contribution in [-0.2, 0) is 14.3 Å². The van der Waals surface area contributed by atoms with Crippen molar-refractivity contribution in [3.8, 4) is 0 Å². The molecule has 1 heterocycles. The number of rotatable bonds is 4. The Morgan fingerprint density at radius 3 is 2.55 bits per heavy atom. The predicted octanol–water partition coefficient (Wildman–Crippen LogP) is 6.96. The fourth-order valence-electron chi connectivity index (χ4n) is 7.98. The van der Waals surface area contributed by atoms with E-state index in [0.717, 1.165) is 23.5 Å². The van der Waals surface area contributed by atoms with Gasteiger partial charge >= 0.3 is 5.97 Å². The molecule has 3 saturated carbocycles. The first-order valence-corrected chi connectivity index (χ1v) is 14.7. The molecule has 3 fully saturated rings. The number of esters is 1. The highest BCUT2D eigenvalue weighted by atomic mass is 35.5. The third-order valence-electron chi connectivity index (χ3n) is 9.85. The SMILES string of the molecule is C[C@@H]1C[C@H]2[C@@H]3C[C@H](F)C4=CC(O)=CC(=O)[C@]4(C)[C@@]3(F)CC[C@]2(C)[C@@]1(OC(=O)c1ccc(Cl)s1)C(=O)SCF. The predicted molar refractivity (Wildman–Crippen MR) is 139 cm³/mol. The monoisotopic (exact) mass is 588 g/mol. The Kier molecular flexibility index (Phi) is 6.67. The van der Waals surface area contributed by atoms with Crippen LogP contribution in [-0.4, -0.2) is 45.4 Å². The van der Waals surface area contributed by atoms with Crippen LogP contribution in [0.1, 0.15) is 56.1 Å². The van der Waals surface area contributed by atoms with E-state index in [4.69, 9.17) is 16.3 Å². The van der Waals surface area contributed by atoms with Gasteiger partial charge in [-0.05, 0) is 74.1 Å². The summed E-state index contributed by atoms with van der Waals surface area (Å²) in [5.74, 6) is -4.13. The van der Waals surface area contributed by atoms with Gasteiger partial charge in [0, 0.05) is 23.3 Å². The Labute approximate surface area is 231 Å². The molecule has 4 aliphatic carbocycles. The lowest BCUT2D eigenvalue weighted by Crippen LogP contribution is -2.67. The summed E-state index contributed by atoms with van der Waals surface area (Å²) in [6, 6.07) is 1.97. The van der Waals surface area contributed by atoms with E-state index < -0.39 is 74.7 Å². The molecule has 0 unspecified atom stereocenters. The normalized spacial score (nSPS) is 41.9. The molecule has 0 saturated heterocycles. The van der Waals surface area contributed by atoms with Gasteiger partial charge in [-0.1, -0.05) is 25.4 Å². The summed E-state index contributed by atoms with van der Waals surface area (Å²) >= 11 is 7.38. The number of ketones is 1. The smallest absolute Gasteiger partial charge is 0.349 e. The van der Waals surface area contributed by atoms with Gasteiger partial charge in [0.25, 0.3) is 0 Å². The van der Waals surface area contributed by atoms with Crippen molar-refractivity contribution in [1.29, 1.82) is 0 Å². The fraction of sp³-hybridized carbons (Fsp3) is 0.593. The van der Waals surface area contributed by atoms with Crippen molar-refractivity contribution in [2.75, 3.05) is 6.01 Å². The molecule has 38 heavy (non-hydrogen) atoms. The topological polar surface area (TPSA) is 80.7 Å². The van der Waals surface area contributed by atoms with Gasteiger partial charge in [0.15, 0.2) is 11.4 Å². The lowest BCUT2D eigenvalue weighted by atomic mass is 9.44. The van der Waals surface area contributed by atoms with Crippen molar-refractivity contribution < 1.29 is 37.4 Å². The number of hydrogen-bond donors (Lipinski definition) is 1. The lowest BCUT2D eigenvalue weighted by Gasteiger charge is -2.61. The summed E-state index contributed by atoms with van der Waals surface area (Å²) in [6.45, 7) is 4.84. The average molecular weight is 589 g/mol. The van der Waals surface area contributed by atoms with Gasteiger partial charge in [-0.2, -0.15) is 0 Å². The Morgan fingerprint density at radius 1 is 1.21 bits per heavy atom. The maximum atomic E-state index is 17.3. The molecule has 1 aromatic rings. The number of fused-ring (bicyclic) bond motifs is 5. The van der Waals surface area contributed by atoms with Crippen LogP contribution < -0.4 is 0 Å². The number of aliphatic hydroxyl groups excluding tert-OH is 1. The Bertz CT molecular complexity index is 1280. The molecule has 11 heteroatoms. The summed E-state index contributed by atoms with van der Waals surface area (Å²) in [4.78, 5) is 40.2. The molecular formula is C27H28ClF3O5S2. The van der Waals surface area contributed by atoms with E-state index in [2.05, 4.69) is 0 Å². The number of hydrogen-bond acceptors (Lipinski definition) is 7. The second kappa shape index (κ2) is 9.13. The van der Waals surface area contributed by atoms with Crippen LogP contribution in [0, 0.1) is 28.6 Å². The molecular weight excluding hydrogens is 561 g/mol. The summed E-state index contributed by atoms with van der Waals surface area (Å²) in [5.41, 5.74) is -6.99. The zero-order valence-corrected chi connectivity index (χ0v) is 23.5. The second-order valence-electron chi connectivity index (χ2n) is 11.3. The van der Waals surface area contributed by atoms with Crippen LogP contribution in [0.4, 0.5) is 13.2 Å². The summed E-state index contributed by atoms with van der Waals surface area (Å²) in [7, 11) is 0. The van der Waals surface area contributed by atoms with Gasteiger partial charge in [-0.25, -0.2) is 18.0 Å². The number of thioether (sulfide) groups is 1. The quantitative estimate of drug-likeness (QED) is 0.383. The van der Waals surface area contributed by atoms with E-state index in [1.165, 1.54) is 19.1 Å². The van der Waals surface area contributed by atoms with Crippen LogP contribution in [0.25, 0.3) is 0 Å². The second-order valence-corrected chi connectivity index (χ2v) is 13.9. The van der Waals surface area contributed by atoms with Crippen molar-refractivity contribution in [3.05, 3.63) is 44.8 Å². The Balaban J connectivity index is 1.60. The van der Waals surface area contributed by atoms with Crippen molar-refractivity contribution in [1.82, 2.24) is 0 Å². The third-order valence-corrected chi connectivity index (χ3v) is 11.7. The molecule has 1 aromatic heterocycles. The molecule has 206 valence electrons. The van der Waals surface area contributed by atoms with Gasteiger partial charge in [0.1, 0.15) is 28.5 Å². The Hall–Kier alpha value is -1.78. The van der Waals surface area contributed by atoms with Crippen LogP contribution >= 0.6 is 34.7 Å². The highest BCUT2D eigenvalue weighted by Crippen LogP contribution is 2.72. The number of halogens is 4. The first-order chi connectivity index (χ1) is 17.8. The van der Waals surface area contributed by atoms with Gasteiger partial charge in [0.05, 0.1) is 9.75 Å². The minimum Gasteiger partial charge on any atom is -0.508 e. The number of alkyl halides is 3. The maximum Gasteiger partial charge on any atom is 0.349 e. The number of carbonyl (C=O) groups is 3. The number of ether oxygens (including phenoxy) is 1. The molecule has 0 radical (unpaired) electrons. The maximum absolute atomic E-state index is 17.3. The minimum atomic E-state index is -2.16. The molecule has 5 rings (SSSR count). The third kappa shape index (κ3) is 3.48. The summed E-state index contributed by atoms with van der Waals surface area (Å²) in [5, 5.41) is 9.30. The van der Waals surface area contributed by atoms with Crippen molar-refractivity contribution in [2.24, 2.45) is 28.6 Å². The molecule has 4 aliphatic rings. The van der Waals surface area contributed by atoms with E-state index in [1.54, 1.807) is 13.8 Å². The van der Waals surface area contributed by atoms with Gasteiger partial charge in [0.2, 0.25) is 5.12 Å². The van der Waals surface area contributed by atoms with Crippen LogP contribution in [0.3, 0.4) is 0 Å². The van der Waals surface area contributed by atoms with Gasteiger partial charge < -0.3 is 9.84 Å². The zero-order valence-electron chi connectivity index (χ0n) is 21.1. The van der Waals surface area contributed by atoms with E-state index in [1.807, 2.05) is 0 Å². The fourth-order valence-corrected chi connectivity index (χ4v) is 9.69. The van der Waals surface area contributed by atoms with E-state index >= 15 is 8.78 Å². The average Bonchev–Trinajstić information content (AvgIpc) is 3.38. The summed E-state index contributed by atoms with van der Waals surface area (Å²) < 4.78 is 52.9. The lowest BCUT2D eigenvalue weighted by molar-refractivity contribution is -0.187. The van der Waals surface area contributed by atoms with Gasteiger partial charge in [-0.3, -0.25) is 9.59 Å². The molecule has 0 aromatic carbocycles. The molecule has 0 amide bonds. The molecule has 1 N–H and O–H groups in total. The minimum absolute atomic E-state index is 0.0505. The first kappa shape index (κ1) is 27.8. The number of carbonyl (C=O) groups excluding carboxylic acids is 3. The molecule has 0 aliphatic heterocycles. The number of allylic oxidation sites excluding steroid dienone is 3. The van der Waals surface area contributed by atoms with Crippen LogP contribution in [0.5, 0.6) is 0 Å². The van der Waals surface area contributed by atoms with Crippen LogP contribution in [0.15, 0.2) is 35.6 Å². The molecule has 0 spiro atoms. The van der Waals surface area contributed by atoms with E-state index in [0.29, 0.717) is 16.1 Å². The van der Waals surface area contributed by atoms with Crippen molar-refractivity contribution >= 4 is 51.6 Å². The van der Waals surface area contributed by atoms with E-state index in [9.17, 15) is 23.9 Å². The van der Waals surface area contributed by atoms with Crippen LogP contribution in [0.2, 0.25) is 4.34 Å². The van der Waals surface area contributed by atoms with Crippen molar-refractivity contribution in [2.45, 2.75) is 63.9 Å². The molecule has 0 bridgehead atoms. The number of thiophene rings is 1. The largest absolute Gasteiger partial charge is 0.508 e.